The molecule has 2 aromatic rings. The molecule has 1 atom stereocenters. The Hall–Kier alpha value is -2.17. The van der Waals surface area contributed by atoms with E-state index in [2.05, 4.69) is 10.1 Å². The second-order valence-corrected chi connectivity index (χ2v) is 5.98. The van der Waals surface area contributed by atoms with Gasteiger partial charge in [0.2, 0.25) is 5.91 Å². The van der Waals surface area contributed by atoms with Gasteiger partial charge in [-0.1, -0.05) is 0 Å². The van der Waals surface area contributed by atoms with Gasteiger partial charge in [-0.3, -0.25) is 14.5 Å². The van der Waals surface area contributed by atoms with Gasteiger partial charge in [0, 0.05) is 37.2 Å². The molecule has 0 saturated carbocycles. The number of carbonyl (C=O) groups is 1. The number of hydrogen-bond donors (Lipinski definition) is 0. The summed E-state index contributed by atoms with van der Waals surface area (Å²) in [4.78, 5) is 18.9. The molecular formula is C17H22N4O. The second kappa shape index (κ2) is 5.91. The van der Waals surface area contributed by atoms with Crippen LogP contribution in [0.5, 0.6) is 0 Å². The van der Waals surface area contributed by atoms with Crippen molar-refractivity contribution in [3.05, 3.63) is 47.0 Å². The van der Waals surface area contributed by atoms with Gasteiger partial charge in [-0.25, -0.2) is 0 Å². The number of amides is 1. The van der Waals surface area contributed by atoms with Crippen molar-refractivity contribution in [3.63, 3.8) is 0 Å². The van der Waals surface area contributed by atoms with Crippen LogP contribution in [0.2, 0.25) is 0 Å². The van der Waals surface area contributed by atoms with Gasteiger partial charge >= 0.3 is 0 Å². The predicted octanol–water partition coefficient (Wildman–Crippen LogP) is 2.34. The second-order valence-electron chi connectivity index (χ2n) is 5.98. The van der Waals surface area contributed by atoms with Crippen molar-refractivity contribution in [2.75, 3.05) is 6.54 Å². The first-order valence-electron chi connectivity index (χ1n) is 7.76. The monoisotopic (exact) mass is 298 g/mol. The van der Waals surface area contributed by atoms with Crippen LogP contribution in [0.15, 0.2) is 24.5 Å². The Morgan fingerprint density at radius 3 is 2.68 bits per heavy atom. The molecule has 0 N–H and O–H groups in total. The summed E-state index contributed by atoms with van der Waals surface area (Å²) in [6.07, 6.45) is 6.12. The van der Waals surface area contributed by atoms with Crippen LogP contribution in [0.25, 0.3) is 0 Å². The lowest BCUT2D eigenvalue weighted by molar-refractivity contribution is -0.131. The molecule has 2 aromatic heterocycles. The highest BCUT2D eigenvalue weighted by Crippen LogP contribution is 2.32. The van der Waals surface area contributed by atoms with Gasteiger partial charge in [0.05, 0.1) is 18.2 Å². The molecular weight excluding hydrogens is 276 g/mol. The summed E-state index contributed by atoms with van der Waals surface area (Å²) in [6.45, 7) is 4.83. The van der Waals surface area contributed by atoms with Gasteiger partial charge in [0.1, 0.15) is 0 Å². The molecule has 0 radical (unpaired) electrons. The largest absolute Gasteiger partial charge is 0.335 e. The summed E-state index contributed by atoms with van der Waals surface area (Å²) in [7, 11) is 1.92. The minimum atomic E-state index is 0.188. The van der Waals surface area contributed by atoms with Crippen molar-refractivity contribution in [1.29, 1.82) is 0 Å². The first-order valence-corrected chi connectivity index (χ1v) is 7.76. The number of pyridine rings is 1. The van der Waals surface area contributed by atoms with E-state index < -0.39 is 0 Å². The fourth-order valence-corrected chi connectivity index (χ4v) is 3.32. The van der Waals surface area contributed by atoms with Gasteiger partial charge in [-0.2, -0.15) is 5.10 Å². The molecule has 0 aliphatic carbocycles. The van der Waals surface area contributed by atoms with E-state index in [1.165, 1.54) is 5.56 Å². The van der Waals surface area contributed by atoms with Crippen molar-refractivity contribution in [2.24, 2.45) is 7.05 Å². The molecule has 1 aliphatic rings. The third-order valence-electron chi connectivity index (χ3n) is 4.65. The molecule has 1 aliphatic heterocycles. The molecule has 1 fully saturated rings. The Kier molecular flexibility index (Phi) is 3.96. The summed E-state index contributed by atoms with van der Waals surface area (Å²) < 4.78 is 1.85. The third-order valence-corrected chi connectivity index (χ3v) is 4.65. The average Bonchev–Trinajstić information content (AvgIpc) is 3.09. The highest BCUT2D eigenvalue weighted by Gasteiger charge is 2.30. The number of aromatic nitrogens is 3. The highest BCUT2D eigenvalue weighted by molar-refractivity contribution is 5.80. The van der Waals surface area contributed by atoms with Gasteiger partial charge in [-0.15, -0.1) is 0 Å². The van der Waals surface area contributed by atoms with Crippen molar-refractivity contribution < 1.29 is 4.79 Å². The van der Waals surface area contributed by atoms with E-state index in [0.717, 1.165) is 36.3 Å². The number of rotatable bonds is 3. The van der Waals surface area contributed by atoms with E-state index >= 15 is 0 Å². The van der Waals surface area contributed by atoms with E-state index in [1.807, 2.05) is 42.6 Å². The van der Waals surface area contributed by atoms with Crippen molar-refractivity contribution in [1.82, 2.24) is 19.7 Å². The Labute approximate surface area is 131 Å². The summed E-state index contributed by atoms with van der Waals surface area (Å²) in [5, 5.41) is 4.41. The Morgan fingerprint density at radius 1 is 1.32 bits per heavy atom. The normalized spacial score (nSPS) is 18.0. The standard InChI is InChI=1S/C17H22N4O/c1-12-15(13(2)20(3)19-12)11-17(22)21-10-4-5-16(21)14-6-8-18-9-7-14/h6-9,16H,4-5,10-11H2,1-3H3. The van der Waals surface area contributed by atoms with E-state index in [4.69, 9.17) is 0 Å². The average molecular weight is 298 g/mol. The molecule has 0 aromatic carbocycles. The lowest BCUT2D eigenvalue weighted by Gasteiger charge is -2.25. The molecule has 0 bridgehead atoms. The first-order chi connectivity index (χ1) is 10.6. The molecule has 3 heterocycles. The Morgan fingerprint density at radius 2 is 2.05 bits per heavy atom. The van der Waals surface area contributed by atoms with E-state index in [1.54, 1.807) is 12.4 Å². The van der Waals surface area contributed by atoms with Crippen LogP contribution in [0.3, 0.4) is 0 Å². The SMILES string of the molecule is Cc1nn(C)c(C)c1CC(=O)N1CCCC1c1ccncc1. The minimum absolute atomic E-state index is 0.188. The zero-order chi connectivity index (χ0) is 15.7. The fraction of sp³-hybridized carbons (Fsp3) is 0.471. The van der Waals surface area contributed by atoms with Crippen LogP contribution < -0.4 is 0 Å². The number of aryl methyl sites for hydroxylation is 2. The van der Waals surface area contributed by atoms with Crippen LogP contribution in [-0.4, -0.2) is 32.1 Å². The molecule has 0 spiro atoms. The van der Waals surface area contributed by atoms with Gasteiger partial charge < -0.3 is 4.90 Å². The zero-order valence-electron chi connectivity index (χ0n) is 13.4. The number of nitrogens with zero attached hydrogens (tertiary/aromatic N) is 4. The third kappa shape index (κ3) is 2.63. The van der Waals surface area contributed by atoms with Crippen LogP contribution >= 0.6 is 0 Å². The molecule has 116 valence electrons. The molecule has 1 unspecified atom stereocenters. The van der Waals surface area contributed by atoms with Gasteiger partial charge in [-0.05, 0) is 44.4 Å². The summed E-state index contributed by atoms with van der Waals surface area (Å²) in [5.41, 5.74) is 4.27. The van der Waals surface area contributed by atoms with Crippen LogP contribution in [-0.2, 0) is 18.3 Å². The molecule has 1 amide bonds. The van der Waals surface area contributed by atoms with E-state index in [-0.39, 0.29) is 11.9 Å². The van der Waals surface area contributed by atoms with Crippen molar-refractivity contribution >= 4 is 5.91 Å². The van der Waals surface area contributed by atoms with E-state index in [9.17, 15) is 4.79 Å². The predicted molar refractivity (Wildman–Crippen MR) is 84.3 cm³/mol. The Balaban J connectivity index is 1.79. The first kappa shape index (κ1) is 14.8. The molecule has 3 rings (SSSR count). The molecule has 22 heavy (non-hydrogen) atoms. The molecule has 5 heteroatoms. The van der Waals surface area contributed by atoms with Crippen LogP contribution in [0.4, 0.5) is 0 Å². The minimum Gasteiger partial charge on any atom is -0.335 e. The van der Waals surface area contributed by atoms with Gasteiger partial charge in [0.15, 0.2) is 0 Å². The summed E-state index contributed by atoms with van der Waals surface area (Å²) in [6, 6.07) is 4.21. The fourth-order valence-electron chi connectivity index (χ4n) is 3.32. The lowest BCUT2D eigenvalue weighted by Crippen LogP contribution is -2.32. The van der Waals surface area contributed by atoms with Crippen LogP contribution in [0, 0.1) is 13.8 Å². The summed E-state index contributed by atoms with van der Waals surface area (Å²) in [5.74, 6) is 0.193. The maximum Gasteiger partial charge on any atom is 0.227 e. The Bertz CT molecular complexity index is 677. The molecule has 1 saturated heterocycles. The van der Waals surface area contributed by atoms with E-state index in [0.29, 0.717) is 6.42 Å². The van der Waals surface area contributed by atoms with Crippen LogP contribution in [0.1, 0.15) is 41.4 Å². The summed E-state index contributed by atoms with van der Waals surface area (Å²) >= 11 is 0. The maximum atomic E-state index is 12.8. The molecule has 5 nitrogen and oxygen atoms in total. The number of likely N-dealkylation sites (tertiary alicyclic amines) is 1. The lowest BCUT2D eigenvalue weighted by atomic mass is 10.0. The van der Waals surface area contributed by atoms with Gasteiger partial charge in [0.25, 0.3) is 0 Å². The number of carbonyl (C=O) groups excluding carboxylic acids is 1. The quantitative estimate of drug-likeness (QED) is 0.874. The van der Waals surface area contributed by atoms with Crippen molar-refractivity contribution in [3.8, 4) is 0 Å². The smallest absolute Gasteiger partial charge is 0.227 e. The van der Waals surface area contributed by atoms with Crippen molar-refractivity contribution in [2.45, 2.75) is 39.2 Å². The zero-order valence-corrected chi connectivity index (χ0v) is 13.4. The highest BCUT2D eigenvalue weighted by atomic mass is 16.2. The number of hydrogen-bond acceptors (Lipinski definition) is 3. The topological polar surface area (TPSA) is 51.0 Å². The maximum absolute atomic E-state index is 12.8.